The number of nitrogens with two attached hydrogens (primary N) is 1. The Bertz CT molecular complexity index is 469. The molecule has 0 spiro atoms. The lowest BCUT2D eigenvalue weighted by atomic mass is 9.98. The Morgan fingerprint density at radius 1 is 1.07 bits per heavy atom. The maximum absolute atomic E-state index is 5.78. The number of benzene rings is 1. The van der Waals surface area contributed by atoms with Gasteiger partial charge in [-0.15, -0.1) is 0 Å². The molecule has 0 atom stereocenters. The molecule has 15 heavy (non-hydrogen) atoms. The van der Waals surface area contributed by atoms with Gasteiger partial charge >= 0.3 is 0 Å². The number of nitrogen functional groups attached to an aromatic ring is 1. The van der Waals surface area contributed by atoms with Crippen molar-refractivity contribution >= 4 is 5.69 Å². The minimum absolute atomic E-state index is 0.795. The van der Waals surface area contributed by atoms with Gasteiger partial charge in [0.25, 0.3) is 0 Å². The van der Waals surface area contributed by atoms with Crippen molar-refractivity contribution in [1.82, 2.24) is 4.98 Å². The van der Waals surface area contributed by atoms with Gasteiger partial charge in [-0.2, -0.15) is 0 Å². The molecule has 1 aromatic heterocycles. The summed E-state index contributed by atoms with van der Waals surface area (Å²) in [6.45, 7) is 4.14. The lowest BCUT2D eigenvalue weighted by Gasteiger charge is -2.09. The average Bonchev–Trinajstić information content (AvgIpc) is 2.17. The van der Waals surface area contributed by atoms with Crippen LogP contribution in [0.1, 0.15) is 11.1 Å². The Hall–Kier alpha value is -1.83. The van der Waals surface area contributed by atoms with E-state index in [-0.39, 0.29) is 0 Å². The molecule has 0 saturated carbocycles. The molecule has 0 aliphatic rings. The van der Waals surface area contributed by atoms with Gasteiger partial charge in [-0.25, -0.2) is 0 Å². The standard InChI is InChI=1S/C13H14N2/c1-9-7-15-8-10(2)13(9)11-4-3-5-12(14)6-11/h3-8H,14H2,1-2H3. The maximum atomic E-state index is 5.78. The van der Waals surface area contributed by atoms with Crippen LogP contribution in [-0.2, 0) is 0 Å². The van der Waals surface area contributed by atoms with Crippen molar-refractivity contribution in [3.05, 3.63) is 47.8 Å². The molecule has 2 aromatic rings. The van der Waals surface area contributed by atoms with Crippen LogP contribution in [0.2, 0.25) is 0 Å². The van der Waals surface area contributed by atoms with Crippen LogP contribution in [0.15, 0.2) is 36.7 Å². The first-order chi connectivity index (χ1) is 7.18. The van der Waals surface area contributed by atoms with Crippen LogP contribution in [0.4, 0.5) is 5.69 Å². The van der Waals surface area contributed by atoms with Crippen LogP contribution >= 0.6 is 0 Å². The van der Waals surface area contributed by atoms with Gasteiger partial charge in [-0.05, 0) is 48.2 Å². The van der Waals surface area contributed by atoms with E-state index in [0.29, 0.717) is 0 Å². The summed E-state index contributed by atoms with van der Waals surface area (Å²) in [4.78, 5) is 4.16. The summed E-state index contributed by atoms with van der Waals surface area (Å²) in [6.07, 6.45) is 3.76. The van der Waals surface area contributed by atoms with E-state index in [1.807, 2.05) is 30.6 Å². The average molecular weight is 198 g/mol. The molecule has 1 heterocycles. The van der Waals surface area contributed by atoms with Gasteiger partial charge in [0.05, 0.1) is 0 Å². The number of pyridine rings is 1. The van der Waals surface area contributed by atoms with Gasteiger partial charge in [0.15, 0.2) is 0 Å². The van der Waals surface area contributed by atoms with Gasteiger partial charge in [0.1, 0.15) is 0 Å². The monoisotopic (exact) mass is 198 g/mol. The zero-order chi connectivity index (χ0) is 10.8. The third kappa shape index (κ3) is 1.84. The molecule has 0 saturated heterocycles. The summed E-state index contributed by atoms with van der Waals surface area (Å²) in [5.74, 6) is 0. The SMILES string of the molecule is Cc1cncc(C)c1-c1cccc(N)c1. The van der Waals surface area contributed by atoms with Gasteiger partial charge in [-0.1, -0.05) is 12.1 Å². The lowest BCUT2D eigenvalue weighted by molar-refractivity contribution is 1.22. The second-order valence-corrected chi connectivity index (χ2v) is 3.77. The fraction of sp³-hybridized carbons (Fsp3) is 0.154. The van der Waals surface area contributed by atoms with Gasteiger partial charge in [-0.3, -0.25) is 4.98 Å². The fourth-order valence-electron chi connectivity index (χ4n) is 1.85. The third-order valence-corrected chi connectivity index (χ3v) is 2.50. The van der Waals surface area contributed by atoms with Gasteiger partial charge in [0.2, 0.25) is 0 Å². The lowest BCUT2D eigenvalue weighted by Crippen LogP contribution is -1.91. The van der Waals surface area contributed by atoms with Crippen LogP contribution in [-0.4, -0.2) is 4.98 Å². The maximum Gasteiger partial charge on any atom is 0.0320 e. The Morgan fingerprint density at radius 3 is 2.33 bits per heavy atom. The molecule has 0 bridgehead atoms. The highest BCUT2D eigenvalue weighted by molar-refractivity contribution is 5.72. The van der Waals surface area contributed by atoms with E-state index in [1.54, 1.807) is 0 Å². The molecule has 0 radical (unpaired) electrons. The molecule has 2 heteroatoms. The number of aromatic nitrogens is 1. The zero-order valence-corrected chi connectivity index (χ0v) is 8.99. The van der Waals surface area contributed by atoms with Gasteiger partial charge in [0, 0.05) is 18.1 Å². The summed E-state index contributed by atoms with van der Waals surface area (Å²) < 4.78 is 0. The summed E-state index contributed by atoms with van der Waals surface area (Å²) in [6, 6.07) is 7.94. The van der Waals surface area contributed by atoms with Crippen LogP contribution in [0.5, 0.6) is 0 Å². The molecular formula is C13H14N2. The number of nitrogens with zero attached hydrogens (tertiary/aromatic N) is 1. The first kappa shape index (κ1) is 9.71. The Kier molecular flexibility index (Phi) is 2.42. The van der Waals surface area contributed by atoms with E-state index in [2.05, 4.69) is 24.9 Å². The molecule has 2 nitrogen and oxygen atoms in total. The van der Waals surface area contributed by atoms with Crippen molar-refractivity contribution in [1.29, 1.82) is 0 Å². The third-order valence-electron chi connectivity index (χ3n) is 2.50. The van der Waals surface area contributed by atoms with Crippen molar-refractivity contribution in [2.45, 2.75) is 13.8 Å². The highest BCUT2D eigenvalue weighted by Gasteiger charge is 2.05. The quantitative estimate of drug-likeness (QED) is 0.715. The van der Waals surface area contributed by atoms with E-state index in [1.165, 1.54) is 16.7 Å². The fourth-order valence-corrected chi connectivity index (χ4v) is 1.85. The second-order valence-electron chi connectivity index (χ2n) is 3.77. The first-order valence-corrected chi connectivity index (χ1v) is 4.95. The molecule has 0 unspecified atom stereocenters. The largest absolute Gasteiger partial charge is 0.399 e. The van der Waals surface area contributed by atoms with Crippen LogP contribution in [0.25, 0.3) is 11.1 Å². The number of rotatable bonds is 1. The minimum Gasteiger partial charge on any atom is -0.399 e. The van der Waals surface area contributed by atoms with Gasteiger partial charge < -0.3 is 5.73 Å². The zero-order valence-electron chi connectivity index (χ0n) is 8.99. The van der Waals surface area contributed by atoms with Crippen LogP contribution in [0, 0.1) is 13.8 Å². The molecule has 0 aliphatic carbocycles. The number of hydrogen-bond donors (Lipinski definition) is 1. The number of anilines is 1. The van der Waals surface area contributed by atoms with Crippen molar-refractivity contribution in [3.8, 4) is 11.1 Å². The van der Waals surface area contributed by atoms with Crippen molar-refractivity contribution in [3.63, 3.8) is 0 Å². The second kappa shape index (κ2) is 3.73. The van der Waals surface area contributed by atoms with Crippen LogP contribution in [0.3, 0.4) is 0 Å². The molecule has 0 fully saturated rings. The summed E-state index contributed by atoms with van der Waals surface area (Å²) in [5, 5.41) is 0. The van der Waals surface area contributed by atoms with E-state index >= 15 is 0 Å². The van der Waals surface area contributed by atoms with Crippen LogP contribution < -0.4 is 5.73 Å². The predicted octanol–water partition coefficient (Wildman–Crippen LogP) is 2.95. The Morgan fingerprint density at radius 2 is 1.73 bits per heavy atom. The minimum atomic E-state index is 0.795. The molecule has 76 valence electrons. The summed E-state index contributed by atoms with van der Waals surface area (Å²) in [7, 11) is 0. The van der Waals surface area contributed by atoms with E-state index in [0.717, 1.165) is 11.3 Å². The molecule has 0 aliphatic heterocycles. The highest BCUT2D eigenvalue weighted by Crippen LogP contribution is 2.27. The Labute approximate surface area is 89.8 Å². The molecule has 0 amide bonds. The van der Waals surface area contributed by atoms with E-state index in [4.69, 9.17) is 5.73 Å². The molecule has 1 aromatic carbocycles. The normalized spacial score (nSPS) is 10.3. The van der Waals surface area contributed by atoms with Crippen molar-refractivity contribution < 1.29 is 0 Å². The Balaban J connectivity index is 2.63. The topological polar surface area (TPSA) is 38.9 Å². The summed E-state index contributed by atoms with van der Waals surface area (Å²) in [5.41, 5.74) is 11.3. The molecule has 2 N–H and O–H groups in total. The van der Waals surface area contributed by atoms with Crippen molar-refractivity contribution in [2.75, 3.05) is 5.73 Å². The van der Waals surface area contributed by atoms with E-state index < -0.39 is 0 Å². The molecular weight excluding hydrogens is 184 g/mol. The van der Waals surface area contributed by atoms with Crippen molar-refractivity contribution in [2.24, 2.45) is 0 Å². The number of aryl methyl sites for hydroxylation is 2. The predicted molar refractivity (Wildman–Crippen MR) is 63.6 cm³/mol. The smallest absolute Gasteiger partial charge is 0.0320 e. The first-order valence-electron chi connectivity index (χ1n) is 4.95. The van der Waals surface area contributed by atoms with E-state index in [9.17, 15) is 0 Å². The number of hydrogen-bond acceptors (Lipinski definition) is 2. The summed E-state index contributed by atoms with van der Waals surface area (Å²) >= 11 is 0. The molecule has 2 rings (SSSR count). The highest BCUT2D eigenvalue weighted by atomic mass is 14.6.